The van der Waals surface area contributed by atoms with Gasteiger partial charge < -0.3 is 5.32 Å². The van der Waals surface area contributed by atoms with Gasteiger partial charge in [0.25, 0.3) is 6.54 Å². The molecule has 0 spiro atoms. The Balaban J connectivity index is 4.02. The van der Waals surface area contributed by atoms with Gasteiger partial charge in [-0.3, -0.25) is 15.1 Å². The molecular formula is C8H13N3O2S. The molecule has 0 bridgehead atoms. The Morgan fingerprint density at radius 2 is 2.43 bits per heavy atom. The molecule has 0 aliphatic rings. The molecule has 1 N–H and O–H groups in total. The van der Waals surface area contributed by atoms with Crippen LogP contribution in [-0.2, 0) is 0 Å². The number of nitro groups is 1. The van der Waals surface area contributed by atoms with E-state index >= 15 is 0 Å². The summed E-state index contributed by atoms with van der Waals surface area (Å²) in [6, 6.07) is 0. The fraction of sp³-hybridized carbons (Fsp3) is 0.625. The fourth-order valence-corrected chi connectivity index (χ4v) is 0.851. The van der Waals surface area contributed by atoms with E-state index in [1.807, 2.05) is 0 Å². The molecule has 6 heteroatoms. The zero-order chi connectivity index (χ0) is 10.8. The number of thiol groups is 1. The van der Waals surface area contributed by atoms with E-state index < -0.39 is 4.92 Å². The second-order valence-corrected chi connectivity index (χ2v) is 2.87. The van der Waals surface area contributed by atoms with E-state index in [0.717, 1.165) is 0 Å². The van der Waals surface area contributed by atoms with E-state index in [2.05, 4.69) is 28.9 Å². The first-order chi connectivity index (χ1) is 6.70. The molecule has 0 saturated heterocycles. The van der Waals surface area contributed by atoms with Crippen LogP contribution in [0.4, 0.5) is 0 Å². The maximum Gasteiger partial charge on any atom is 0.259 e. The standard InChI is InChI=1S/C8H13N3O2S/c1-2-3-4-9-8(7-11(12)13)10-5-6-14/h1,14H,3-7H2,(H,9,10). The molecule has 0 unspecified atom stereocenters. The summed E-state index contributed by atoms with van der Waals surface area (Å²) in [5.74, 6) is 3.38. The predicted molar refractivity (Wildman–Crippen MR) is 59.5 cm³/mol. The molecule has 0 aliphatic carbocycles. The highest BCUT2D eigenvalue weighted by Gasteiger charge is 2.05. The minimum absolute atomic E-state index is 0.293. The van der Waals surface area contributed by atoms with E-state index in [9.17, 15) is 10.1 Å². The number of rotatable bonds is 6. The average molecular weight is 215 g/mol. The highest BCUT2D eigenvalue weighted by atomic mass is 32.1. The van der Waals surface area contributed by atoms with Gasteiger partial charge in [0.1, 0.15) is 0 Å². The highest BCUT2D eigenvalue weighted by molar-refractivity contribution is 7.80. The predicted octanol–water partition coefficient (Wildman–Crippen LogP) is 0.204. The van der Waals surface area contributed by atoms with Crippen molar-refractivity contribution in [3.05, 3.63) is 10.1 Å². The van der Waals surface area contributed by atoms with Crippen LogP contribution in [0.1, 0.15) is 6.42 Å². The maximum atomic E-state index is 10.2. The summed E-state index contributed by atoms with van der Waals surface area (Å²) in [6.45, 7) is 0.684. The van der Waals surface area contributed by atoms with Gasteiger partial charge in [-0.1, -0.05) is 0 Å². The lowest BCUT2D eigenvalue weighted by atomic mass is 10.4. The first-order valence-corrected chi connectivity index (χ1v) is 4.77. The molecule has 0 heterocycles. The fourth-order valence-electron chi connectivity index (χ4n) is 0.740. The smallest absolute Gasteiger partial charge is 0.259 e. The molecule has 0 aromatic rings. The summed E-state index contributed by atoms with van der Waals surface area (Å²) < 4.78 is 0. The summed E-state index contributed by atoms with van der Waals surface area (Å²) >= 11 is 3.98. The number of nitrogens with one attached hydrogen (secondary N) is 1. The Morgan fingerprint density at radius 3 is 2.93 bits per heavy atom. The Labute approximate surface area is 88.5 Å². The van der Waals surface area contributed by atoms with Crippen LogP contribution in [0.3, 0.4) is 0 Å². The van der Waals surface area contributed by atoms with Crippen molar-refractivity contribution in [2.45, 2.75) is 6.42 Å². The van der Waals surface area contributed by atoms with Crippen LogP contribution in [0.5, 0.6) is 0 Å². The van der Waals surface area contributed by atoms with E-state index in [4.69, 9.17) is 6.42 Å². The normalized spacial score (nSPS) is 10.7. The molecule has 0 fully saturated rings. The van der Waals surface area contributed by atoms with Gasteiger partial charge in [0.2, 0.25) is 0 Å². The topological polar surface area (TPSA) is 67.5 Å². The first kappa shape index (κ1) is 12.8. The van der Waals surface area contributed by atoms with Crippen LogP contribution in [0.25, 0.3) is 0 Å². The van der Waals surface area contributed by atoms with Crippen LogP contribution >= 0.6 is 12.6 Å². The molecule has 0 amide bonds. The third-order valence-corrected chi connectivity index (χ3v) is 1.50. The van der Waals surface area contributed by atoms with Crippen molar-refractivity contribution in [3.63, 3.8) is 0 Å². The maximum absolute atomic E-state index is 10.2. The van der Waals surface area contributed by atoms with Gasteiger partial charge in [-0.05, 0) is 0 Å². The molecule has 0 aromatic heterocycles. The monoisotopic (exact) mass is 215 g/mol. The van der Waals surface area contributed by atoms with E-state index in [1.54, 1.807) is 0 Å². The first-order valence-electron chi connectivity index (χ1n) is 4.14. The lowest BCUT2D eigenvalue weighted by molar-refractivity contribution is -0.463. The van der Waals surface area contributed by atoms with Crippen molar-refractivity contribution in [1.82, 2.24) is 5.32 Å². The minimum atomic E-state index is -0.430. The Morgan fingerprint density at radius 1 is 1.71 bits per heavy atom. The van der Waals surface area contributed by atoms with Gasteiger partial charge >= 0.3 is 0 Å². The van der Waals surface area contributed by atoms with Crippen LogP contribution < -0.4 is 5.32 Å². The average Bonchev–Trinajstić information content (AvgIpc) is 2.13. The number of aliphatic imine (C=N–C) groups is 1. The molecule has 5 nitrogen and oxygen atoms in total. The van der Waals surface area contributed by atoms with E-state index in [1.165, 1.54) is 0 Å². The summed E-state index contributed by atoms with van der Waals surface area (Å²) in [5.41, 5.74) is 0. The van der Waals surface area contributed by atoms with Crippen LogP contribution in [-0.4, -0.2) is 36.1 Å². The molecule has 0 aromatic carbocycles. The lowest BCUT2D eigenvalue weighted by Gasteiger charge is -2.03. The number of hydrogen-bond donors (Lipinski definition) is 2. The summed E-state index contributed by atoms with van der Waals surface area (Å²) in [6.07, 6.45) is 5.52. The van der Waals surface area contributed by atoms with Gasteiger partial charge in [0, 0.05) is 23.6 Å². The minimum Gasteiger partial charge on any atom is -0.368 e. The van der Waals surface area contributed by atoms with Gasteiger partial charge in [0.05, 0.1) is 6.54 Å². The second-order valence-electron chi connectivity index (χ2n) is 2.42. The Hall–Kier alpha value is -1.22. The number of terminal acetylenes is 1. The van der Waals surface area contributed by atoms with Gasteiger partial charge in [-0.2, -0.15) is 12.6 Å². The van der Waals surface area contributed by atoms with Crippen molar-refractivity contribution in [2.24, 2.45) is 4.99 Å². The van der Waals surface area contributed by atoms with Gasteiger partial charge in [0.15, 0.2) is 5.84 Å². The third-order valence-electron chi connectivity index (χ3n) is 1.28. The van der Waals surface area contributed by atoms with Crippen molar-refractivity contribution in [2.75, 3.05) is 25.4 Å². The van der Waals surface area contributed by atoms with Gasteiger partial charge in [-0.15, -0.1) is 12.3 Å². The quantitative estimate of drug-likeness (QED) is 0.126. The third kappa shape index (κ3) is 7.43. The van der Waals surface area contributed by atoms with Crippen molar-refractivity contribution in [3.8, 4) is 12.3 Å². The van der Waals surface area contributed by atoms with E-state index in [0.29, 0.717) is 31.1 Å². The summed E-state index contributed by atoms with van der Waals surface area (Å²) in [4.78, 5) is 13.8. The number of amidine groups is 1. The highest BCUT2D eigenvalue weighted by Crippen LogP contribution is 1.83. The molecule has 0 radical (unpaired) electrons. The summed E-state index contributed by atoms with van der Waals surface area (Å²) in [5, 5.41) is 13.1. The van der Waals surface area contributed by atoms with Crippen molar-refractivity contribution < 1.29 is 4.92 Å². The van der Waals surface area contributed by atoms with Crippen LogP contribution in [0, 0.1) is 22.5 Å². The molecule has 0 rings (SSSR count). The van der Waals surface area contributed by atoms with Crippen molar-refractivity contribution >= 4 is 18.5 Å². The van der Waals surface area contributed by atoms with Crippen LogP contribution in [0.2, 0.25) is 0 Å². The Kier molecular flexibility index (Phi) is 7.65. The zero-order valence-corrected chi connectivity index (χ0v) is 8.67. The Bertz CT molecular complexity index is 247. The van der Waals surface area contributed by atoms with Crippen LogP contribution in [0.15, 0.2) is 4.99 Å². The lowest BCUT2D eigenvalue weighted by Crippen LogP contribution is -2.32. The summed E-state index contributed by atoms with van der Waals surface area (Å²) in [7, 11) is 0. The number of nitrogens with zero attached hydrogens (tertiary/aromatic N) is 2. The molecule has 0 saturated carbocycles. The molecule has 14 heavy (non-hydrogen) atoms. The molecule has 0 atom stereocenters. The van der Waals surface area contributed by atoms with Gasteiger partial charge in [-0.25, -0.2) is 0 Å². The zero-order valence-electron chi connectivity index (χ0n) is 7.77. The number of hydrogen-bond acceptors (Lipinski definition) is 4. The van der Waals surface area contributed by atoms with Crippen molar-refractivity contribution in [1.29, 1.82) is 0 Å². The second kappa shape index (κ2) is 8.38. The molecule has 0 aliphatic heterocycles. The largest absolute Gasteiger partial charge is 0.368 e. The molecular weight excluding hydrogens is 202 g/mol. The van der Waals surface area contributed by atoms with E-state index in [-0.39, 0.29) is 6.54 Å². The molecule has 78 valence electrons. The SMILES string of the molecule is C#CCCN=C(C[N+](=O)[O-])NCCS.